The van der Waals surface area contributed by atoms with Gasteiger partial charge in [0.1, 0.15) is 0 Å². The fourth-order valence-electron chi connectivity index (χ4n) is 3.59. The average molecular weight is 467 g/mol. The van der Waals surface area contributed by atoms with Crippen LogP contribution < -0.4 is 10.6 Å². The first kappa shape index (κ1) is 24.4. The van der Waals surface area contributed by atoms with Crippen molar-refractivity contribution in [2.75, 3.05) is 51.7 Å². The highest BCUT2D eigenvalue weighted by atomic mass is 33.1. The smallest absolute Gasteiger partial charge is 0.252 e. The van der Waals surface area contributed by atoms with Gasteiger partial charge < -0.3 is 15.4 Å². The van der Waals surface area contributed by atoms with Crippen LogP contribution in [0.4, 0.5) is 0 Å². The summed E-state index contributed by atoms with van der Waals surface area (Å²) >= 11 is 0. The Balaban J connectivity index is 1.23. The molecule has 0 radical (unpaired) electrons. The number of aromatic nitrogens is 1. The number of pyridine rings is 1. The van der Waals surface area contributed by atoms with Gasteiger partial charge in [0.2, 0.25) is 5.91 Å². The van der Waals surface area contributed by atoms with Gasteiger partial charge in [-0.15, -0.1) is 0 Å². The number of nitrogens with zero attached hydrogens (tertiary/aromatic N) is 2. The normalized spacial score (nSPS) is 19.3. The van der Waals surface area contributed by atoms with Crippen LogP contribution in [0.15, 0.2) is 18.3 Å². The Morgan fingerprint density at radius 3 is 2.74 bits per heavy atom. The summed E-state index contributed by atoms with van der Waals surface area (Å²) in [6.07, 6.45) is 7.61. The zero-order valence-electron chi connectivity index (χ0n) is 18.1. The van der Waals surface area contributed by atoms with Crippen molar-refractivity contribution in [2.24, 2.45) is 0 Å². The number of carbonyl (C=O) groups excluding carboxylic acids is 2. The quantitative estimate of drug-likeness (QED) is 0.362. The summed E-state index contributed by atoms with van der Waals surface area (Å²) in [5.74, 6) is 1.17. The van der Waals surface area contributed by atoms with Crippen LogP contribution >= 0.6 is 21.6 Å². The number of hydrogen-bond donors (Lipinski definition) is 2. The van der Waals surface area contributed by atoms with Gasteiger partial charge in [0.05, 0.1) is 18.8 Å². The molecule has 0 aromatic carbocycles. The van der Waals surface area contributed by atoms with Gasteiger partial charge >= 0.3 is 0 Å². The predicted molar refractivity (Wildman–Crippen MR) is 127 cm³/mol. The number of ether oxygens (including phenoxy) is 1. The lowest BCUT2D eigenvalue weighted by atomic mass is 10.1. The van der Waals surface area contributed by atoms with Crippen molar-refractivity contribution in [3.63, 3.8) is 0 Å². The molecule has 0 unspecified atom stereocenters. The molecule has 7 nitrogen and oxygen atoms in total. The minimum Gasteiger partial charge on any atom is -0.379 e. The van der Waals surface area contributed by atoms with Crippen LogP contribution in [0.1, 0.15) is 48.2 Å². The first-order valence-electron chi connectivity index (χ1n) is 11.3. The lowest BCUT2D eigenvalue weighted by Gasteiger charge is -2.26. The summed E-state index contributed by atoms with van der Waals surface area (Å²) in [5.41, 5.74) is 1.53. The van der Waals surface area contributed by atoms with Gasteiger partial charge in [-0.3, -0.25) is 19.5 Å². The molecule has 0 spiro atoms. The molecule has 3 heterocycles. The van der Waals surface area contributed by atoms with Crippen LogP contribution in [0.5, 0.6) is 0 Å². The van der Waals surface area contributed by atoms with E-state index in [9.17, 15) is 9.59 Å². The molecule has 2 aliphatic rings. The van der Waals surface area contributed by atoms with Crippen LogP contribution in [0, 0.1) is 0 Å². The lowest BCUT2D eigenvalue weighted by molar-refractivity contribution is -0.121. The minimum atomic E-state index is -0.159. The molecule has 31 heavy (non-hydrogen) atoms. The molecule has 9 heteroatoms. The number of hydrogen-bond acceptors (Lipinski definition) is 7. The molecule has 2 saturated heterocycles. The van der Waals surface area contributed by atoms with Crippen molar-refractivity contribution in [3.8, 4) is 0 Å². The van der Waals surface area contributed by atoms with Crippen molar-refractivity contribution in [1.29, 1.82) is 0 Å². The molecule has 2 amide bonds. The van der Waals surface area contributed by atoms with Crippen molar-refractivity contribution < 1.29 is 14.3 Å². The van der Waals surface area contributed by atoms with Crippen LogP contribution in [-0.2, 0) is 16.0 Å². The molecule has 2 fully saturated rings. The topological polar surface area (TPSA) is 83.6 Å². The van der Waals surface area contributed by atoms with Crippen LogP contribution in [0.3, 0.4) is 0 Å². The minimum absolute atomic E-state index is 0.0639. The van der Waals surface area contributed by atoms with Crippen molar-refractivity contribution in [2.45, 2.75) is 43.8 Å². The third kappa shape index (κ3) is 9.39. The second kappa shape index (κ2) is 14.0. The van der Waals surface area contributed by atoms with E-state index in [1.165, 1.54) is 18.6 Å². The van der Waals surface area contributed by atoms with E-state index < -0.39 is 0 Å². The molecule has 1 atom stereocenters. The van der Waals surface area contributed by atoms with Gasteiger partial charge in [0.25, 0.3) is 5.91 Å². The zero-order chi connectivity index (χ0) is 21.7. The van der Waals surface area contributed by atoms with E-state index in [0.717, 1.165) is 63.1 Å². The Morgan fingerprint density at radius 1 is 1.16 bits per heavy atom. The molecule has 3 rings (SSSR count). The summed E-state index contributed by atoms with van der Waals surface area (Å²) < 4.78 is 5.36. The van der Waals surface area contributed by atoms with Gasteiger partial charge in [0, 0.05) is 68.5 Å². The Morgan fingerprint density at radius 2 is 2.00 bits per heavy atom. The molecule has 0 saturated carbocycles. The van der Waals surface area contributed by atoms with Crippen LogP contribution in [-0.4, -0.2) is 78.6 Å². The van der Waals surface area contributed by atoms with Gasteiger partial charge in [-0.05, 0) is 31.4 Å². The monoisotopic (exact) mass is 466 g/mol. The molecule has 2 N–H and O–H groups in total. The summed E-state index contributed by atoms with van der Waals surface area (Å²) in [5, 5.41) is 6.50. The molecular formula is C22H34N4O3S2. The Labute approximate surface area is 193 Å². The summed E-state index contributed by atoms with van der Waals surface area (Å²) in [6, 6.07) is 3.73. The molecule has 2 aliphatic heterocycles. The van der Waals surface area contributed by atoms with E-state index in [1.54, 1.807) is 6.20 Å². The maximum atomic E-state index is 12.3. The van der Waals surface area contributed by atoms with Crippen molar-refractivity contribution in [1.82, 2.24) is 20.5 Å². The largest absolute Gasteiger partial charge is 0.379 e. The number of morpholine rings is 1. The first-order valence-corrected chi connectivity index (χ1v) is 13.7. The summed E-state index contributed by atoms with van der Waals surface area (Å²) in [4.78, 5) is 31.0. The SMILES string of the molecule is O=C(CCCC[C@@H]1CCSS1)NCCNC(=O)c1ccc(CCN2CCOCC2)nc1. The molecule has 0 bridgehead atoms. The van der Waals surface area contributed by atoms with E-state index in [1.807, 2.05) is 33.7 Å². The maximum absolute atomic E-state index is 12.3. The number of rotatable bonds is 12. The fourth-order valence-corrected chi connectivity index (χ4v) is 6.62. The van der Waals surface area contributed by atoms with Crippen LogP contribution in [0.2, 0.25) is 0 Å². The molecule has 172 valence electrons. The highest BCUT2D eigenvalue weighted by molar-refractivity contribution is 8.77. The Kier molecular flexibility index (Phi) is 11.0. The third-order valence-corrected chi connectivity index (χ3v) is 8.52. The van der Waals surface area contributed by atoms with Crippen molar-refractivity contribution in [3.05, 3.63) is 29.6 Å². The van der Waals surface area contributed by atoms with E-state index in [0.29, 0.717) is 25.1 Å². The number of carbonyl (C=O) groups is 2. The highest BCUT2D eigenvalue weighted by Crippen LogP contribution is 2.39. The predicted octanol–water partition coefficient (Wildman–Crippen LogP) is 2.52. The van der Waals surface area contributed by atoms with E-state index in [2.05, 4.69) is 20.5 Å². The summed E-state index contributed by atoms with van der Waals surface area (Å²) in [6.45, 7) is 5.36. The number of amides is 2. The standard InChI is InChI=1S/C22H34N4O3S2/c27-21(4-2-1-3-20-8-16-30-31-20)23-9-10-24-22(28)18-5-6-19(25-17-18)7-11-26-12-14-29-15-13-26/h5-6,17,20H,1-4,7-16H2,(H,23,27)(H,24,28)/t20-/m1/s1. The molecule has 0 aliphatic carbocycles. The Hall–Kier alpha value is -1.29. The maximum Gasteiger partial charge on any atom is 0.252 e. The zero-order valence-corrected chi connectivity index (χ0v) is 19.8. The first-order chi connectivity index (χ1) is 15.2. The summed E-state index contributed by atoms with van der Waals surface area (Å²) in [7, 11) is 3.96. The van der Waals surface area contributed by atoms with Crippen molar-refractivity contribution >= 4 is 33.4 Å². The fraction of sp³-hybridized carbons (Fsp3) is 0.682. The highest BCUT2D eigenvalue weighted by Gasteiger charge is 2.16. The van der Waals surface area contributed by atoms with E-state index >= 15 is 0 Å². The average Bonchev–Trinajstić information content (AvgIpc) is 3.33. The molecule has 1 aromatic rings. The Bertz CT molecular complexity index is 678. The second-order valence-electron chi connectivity index (χ2n) is 7.92. The van der Waals surface area contributed by atoms with E-state index in [4.69, 9.17) is 4.74 Å². The van der Waals surface area contributed by atoms with Gasteiger partial charge in [-0.1, -0.05) is 28.0 Å². The third-order valence-electron chi connectivity index (χ3n) is 5.51. The lowest BCUT2D eigenvalue weighted by Crippen LogP contribution is -2.37. The van der Waals surface area contributed by atoms with Crippen LogP contribution in [0.25, 0.3) is 0 Å². The van der Waals surface area contributed by atoms with E-state index in [-0.39, 0.29) is 11.8 Å². The number of nitrogens with one attached hydrogen (secondary N) is 2. The molecule has 1 aromatic heterocycles. The second-order valence-corrected chi connectivity index (χ2v) is 10.7. The number of unbranched alkanes of at least 4 members (excludes halogenated alkanes) is 1. The molecular weight excluding hydrogens is 432 g/mol. The van der Waals surface area contributed by atoms with Gasteiger partial charge in [0.15, 0.2) is 0 Å². The van der Waals surface area contributed by atoms with Gasteiger partial charge in [-0.25, -0.2) is 0 Å². The van der Waals surface area contributed by atoms with Gasteiger partial charge in [-0.2, -0.15) is 0 Å².